The van der Waals surface area contributed by atoms with E-state index in [0.717, 1.165) is 10.7 Å². The van der Waals surface area contributed by atoms with Gasteiger partial charge in [-0.2, -0.15) is 9.78 Å². The third-order valence-electron chi connectivity index (χ3n) is 3.54. The number of H-pyrrole nitrogens is 1. The van der Waals surface area contributed by atoms with Crippen LogP contribution in [-0.2, 0) is 5.41 Å². The summed E-state index contributed by atoms with van der Waals surface area (Å²) in [5.41, 5.74) is 0.795. The van der Waals surface area contributed by atoms with Crippen LogP contribution in [0.15, 0.2) is 34.4 Å². The lowest BCUT2D eigenvalue weighted by Gasteiger charge is -2.13. The topological polar surface area (TPSA) is 105 Å². The smallest absolute Gasteiger partial charge is 0.299 e. The Kier molecular flexibility index (Phi) is 4.64. The van der Waals surface area contributed by atoms with Crippen LogP contribution >= 0.6 is 11.3 Å². The van der Waals surface area contributed by atoms with Gasteiger partial charge in [0.2, 0.25) is 5.95 Å². The van der Waals surface area contributed by atoms with Gasteiger partial charge in [0, 0.05) is 23.2 Å². The van der Waals surface area contributed by atoms with E-state index >= 15 is 0 Å². The lowest BCUT2D eigenvalue weighted by molar-refractivity contribution is 0.262. The number of amides is 2. The number of nitrogens with one attached hydrogen (secondary N) is 3. The molecule has 2 amide bonds. The largest absolute Gasteiger partial charge is 0.325 e. The second kappa shape index (κ2) is 6.75. The number of carbonyl (C=O) groups is 1. The normalized spacial score (nSPS) is 11.4. The number of aromatic nitrogens is 4. The van der Waals surface area contributed by atoms with Crippen LogP contribution in [0, 0.1) is 6.92 Å². The van der Waals surface area contributed by atoms with E-state index in [9.17, 15) is 9.59 Å². The van der Waals surface area contributed by atoms with Gasteiger partial charge < -0.3 is 0 Å². The zero-order chi connectivity index (χ0) is 18.9. The molecule has 3 rings (SSSR count). The molecule has 0 saturated carbocycles. The molecule has 9 heteroatoms. The van der Waals surface area contributed by atoms with Crippen molar-refractivity contribution in [2.45, 2.75) is 33.1 Å². The standard InChI is InChI=1S/C17H20N6O2S/c1-10-8-13(24)20-15(18-10)23-12(9-11(22-23)17(2,3)4)19-16(25)21-14-6-5-7-26-14/h5-9H,1-4H3,(H,18,20,24)(H2,19,21,25). The van der Waals surface area contributed by atoms with E-state index in [1.165, 1.54) is 22.1 Å². The number of urea groups is 1. The second-order valence-corrected chi connectivity index (χ2v) is 7.79. The van der Waals surface area contributed by atoms with E-state index < -0.39 is 6.03 Å². The maximum Gasteiger partial charge on any atom is 0.325 e. The fraction of sp³-hybridized carbons (Fsp3) is 0.294. The molecule has 0 radical (unpaired) electrons. The molecule has 0 aliphatic carbocycles. The van der Waals surface area contributed by atoms with Crippen molar-refractivity contribution >= 4 is 28.2 Å². The Morgan fingerprint density at radius 3 is 2.65 bits per heavy atom. The number of thiophene rings is 1. The average Bonchev–Trinajstić information content (AvgIpc) is 3.15. The van der Waals surface area contributed by atoms with Crippen molar-refractivity contribution in [1.29, 1.82) is 0 Å². The van der Waals surface area contributed by atoms with Gasteiger partial charge in [-0.05, 0) is 24.4 Å². The maximum atomic E-state index is 12.3. The lowest BCUT2D eigenvalue weighted by Crippen LogP contribution is -2.22. The van der Waals surface area contributed by atoms with Crippen LogP contribution in [0.3, 0.4) is 0 Å². The number of hydrogen-bond acceptors (Lipinski definition) is 5. The highest BCUT2D eigenvalue weighted by Gasteiger charge is 2.22. The predicted molar refractivity (Wildman–Crippen MR) is 102 cm³/mol. The average molecular weight is 372 g/mol. The molecular formula is C17H20N6O2S. The maximum absolute atomic E-state index is 12.3. The van der Waals surface area contributed by atoms with Gasteiger partial charge in [-0.3, -0.25) is 20.4 Å². The van der Waals surface area contributed by atoms with Gasteiger partial charge in [0.1, 0.15) is 5.82 Å². The molecule has 0 atom stereocenters. The Morgan fingerprint density at radius 2 is 2.04 bits per heavy atom. The molecule has 3 aromatic rings. The van der Waals surface area contributed by atoms with Gasteiger partial charge in [0.25, 0.3) is 5.56 Å². The third kappa shape index (κ3) is 3.99. The molecule has 0 saturated heterocycles. The van der Waals surface area contributed by atoms with Crippen LogP contribution in [-0.4, -0.2) is 25.8 Å². The number of anilines is 2. The highest BCUT2D eigenvalue weighted by atomic mass is 32.1. The van der Waals surface area contributed by atoms with E-state index in [-0.39, 0.29) is 16.9 Å². The van der Waals surface area contributed by atoms with Crippen LogP contribution in [0.1, 0.15) is 32.2 Å². The molecule has 0 aromatic carbocycles. The summed E-state index contributed by atoms with van der Waals surface area (Å²) in [5.74, 6) is 0.662. The van der Waals surface area contributed by atoms with E-state index in [2.05, 4.69) is 25.7 Å². The molecule has 8 nitrogen and oxygen atoms in total. The van der Waals surface area contributed by atoms with Gasteiger partial charge in [0.05, 0.1) is 10.7 Å². The van der Waals surface area contributed by atoms with Crippen molar-refractivity contribution in [2.75, 3.05) is 10.6 Å². The SMILES string of the molecule is Cc1cc(=O)[nH]c(-n2nc(C(C)(C)C)cc2NC(=O)Nc2cccs2)n1. The minimum Gasteiger partial charge on any atom is -0.299 e. The Hall–Kier alpha value is -2.94. The molecule has 136 valence electrons. The van der Waals surface area contributed by atoms with Gasteiger partial charge >= 0.3 is 6.03 Å². The zero-order valence-corrected chi connectivity index (χ0v) is 15.8. The van der Waals surface area contributed by atoms with Gasteiger partial charge in [-0.15, -0.1) is 11.3 Å². The molecule has 0 aliphatic heterocycles. The van der Waals surface area contributed by atoms with Crippen LogP contribution in [0.25, 0.3) is 5.95 Å². The van der Waals surface area contributed by atoms with Crippen LogP contribution < -0.4 is 16.2 Å². The molecule has 0 bridgehead atoms. The molecule has 3 heterocycles. The molecular weight excluding hydrogens is 352 g/mol. The monoisotopic (exact) mass is 372 g/mol. The zero-order valence-electron chi connectivity index (χ0n) is 15.0. The highest BCUT2D eigenvalue weighted by molar-refractivity contribution is 7.14. The minimum atomic E-state index is -0.399. The van der Waals surface area contributed by atoms with E-state index in [4.69, 9.17) is 0 Å². The number of aromatic amines is 1. The molecule has 26 heavy (non-hydrogen) atoms. The summed E-state index contributed by atoms with van der Waals surface area (Å²) in [5, 5.41) is 12.7. The van der Waals surface area contributed by atoms with Crippen LogP contribution in [0.4, 0.5) is 15.6 Å². The minimum absolute atomic E-state index is 0.240. The van der Waals surface area contributed by atoms with Gasteiger partial charge in [-0.1, -0.05) is 20.8 Å². The van der Waals surface area contributed by atoms with Gasteiger partial charge in [-0.25, -0.2) is 9.78 Å². The van der Waals surface area contributed by atoms with Crippen molar-refractivity contribution < 1.29 is 4.79 Å². The summed E-state index contributed by atoms with van der Waals surface area (Å²) in [6.07, 6.45) is 0. The fourth-order valence-electron chi connectivity index (χ4n) is 2.27. The highest BCUT2D eigenvalue weighted by Crippen LogP contribution is 2.25. The number of aryl methyl sites for hydroxylation is 1. The number of carbonyl (C=O) groups excluding carboxylic acids is 1. The summed E-state index contributed by atoms with van der Waals surface area (Å²) in [6.45, 7) is 7.77. The molecule has 3 N–H and O–H groups in total. The second-order valence-electron chi connectivity index (χ2n) is 6.84. The van der Waals surface area contributed by atoms with Crippen molar-refractivity contribution in [3.63, 3.8) is 0 Å². The molecule has 0 unspecified atom stereocenters. The molecule has 0 aliphatic rings. The summed E-state index contributed by atoms with van der Waals surface area (Å²) < 4.78 is 1.43. The van der Waals surface area contributed by atoms with Crippen molar-refractivity contribution in [1.82, 2.24) is 19.7 Å². The Bertz CT molecular complexity index is 982. The Balaban J connectivity index is 1.98. The number of hydrogen-bond donors (Lipinski definition) is 3. The van der Waals surface area contributed by atoms with E-state index in [0.29, 0.717) is 11.5 Å². The first-order chi connectivity index (χ1) is 12.2. The fourth-order valence-corrected chi connectivity index (χ4v) is 2.88. The first-order valence-corrected chi connectivity index (χ1v) is 8.91. The predicted octanol–water partition coefficient (Wildman–Crippen LogP) is 3.27. The summed E-state index contributed by atoms with van der Waals surface area (Å²) in [7, 11) is 0. The third-order valence-corrected chi connectivity index (χ3v) is 4.32. The molecule has 0 spiro atoms. The first kappa shape index (κ1) is 17.9. The summed E-state index contributed by atoms with van der Waals surface area (Å²) in [6, 6.07) is 6.43. The summed E-state index contributed by atoms with van der Waals surface area (Å²) in [4.78, 5) is 31.1. The first-order valence-electron chi connectivity index (χ1n) is 8.03. The summed E-state index contributed by atoms with van der Waals surface area (Å²) >= 11 is 1.42. The molecule has 3 aromatic heterocycles. The van der Waals surface area contributed by atoms with Crippen molar-refractivity contribution in [3.05, 3.63) is 51.4 Å². The number of rotatable bonds is 3. The quantitative estimate of drug-likeness (QED) is 0.656. The Labute approximate surface area is 154 Å². The van der Waals surface area contributed by atoms with E-state index in [1.807, 2.05) is 38.3 Å². The van der Waals surface area contributed by atoms with Crippen LogP contribution in [0.2, 0.25) is 0 Å². The van der Waals surface area contributed by atoms with Crippen LogP contribution in [0.5, 0.6) is 0 Å². The van der Waals surface area contributed by atoms with Crippen molar-refractivity contribution in [3.8, 4) is 5.95 Å². The number of nitrogens with zero attached hydrogens (tertiary/aromatic N) is 3. The van der Waals surface area contributed by atoms with E-state index in [1.54, 1.807) is 13.0 Å². The Morgan fingerprint density at radius 1 is 1.27 bits per heavy atom. The van der Waals surface area contributed by atoms with Crippen molar-refractivity contribution in [2.24, 2.45) is 0 Å². The molecule has 0 fully saturated rings. The lowest BCUT2D eigenvalue weighted by atomic mass is 9.92. The van der Waals surface area contributed by atoms with Gasteiger partial charge in [0.15, 0.2) is 0 Å².